The first-order valence-electron chi connectivity index (χ1n) is 7.94. The van der Waals surface area contributed by atoms with Crippen LogP contribution in [0.1, 0.15) is 49.9 Å². The summed E-state index contributed by atoms with van der Waals surface area (Å²) in [5.74, 6) is -0.941. The SMILES string of the molecule is CCCCN(CCCC)Cn1nnc2cc(C(=O)O)ccc21. The van der Waals surface area contributed by atoms with Crippen molar-refractivity contribution in [2.75, 3.05) is 13.1 Å². The highest BCUT2D eigenvalue weighted by Crippen LogP contribution is 2.14. The molecule has 22 heavy (non-hydrogen) atoms. The standard InChI is InChI=1S/C16H24N4O2/c1-3-5-9-19(10-6-4-2)12-20-15-8-7-13(16(21)22)11-14(15)17-18-20/h7-8,11H,3-6,9-10,12H2,1-2H3,(H,21,22). The van der Waals surface area contributed by atoms with Crippen molar-refractivity contribution in [2.45, 2.75) is 46.2 Å². The van der Waals surface area contributed by atoms with Crippen LogP contribution >= 0.6 is 0 Å². The summed E-state index contributed by atoms with van der Waals surface area (Å²) in [4.78, 5) is 13.4. The molecule has 0 fully saturated rings. The Morgan fingerprint density at radius 1 is 1.23 bits per heavy atom. The topological polar surface area (TPSA) is 71.2 Å². The van der Waals surface area contributed by atoms with Gasteiger partial charge in [-0.2, -0.15) is 0 Å². The van der Waals surface area contributed by atoms with Gasteiger partial charge in [-0.25, -0.2) is 9.48 Å². The third-order valence-electron chi connectivity index (χ3n) is 3.75. The molecule has 0 saturated heterocycles. The van der Waals surface area contributed by atoms with Crippen LogP contribution in [-0.4, -0.2) is 44.1 Å². The molecule has 1 aromatic carbocycles. The zero-order valence-corrected chi connectivity index (χ0v) is 13.3. The highest BCUT2D eigenvalue weighted by Gasteiger charge is 2.11. The van der Waals surface area contributed by atoms with Crippen LogP contribution in [0.3, 0.4) is 0 Å². The monoisotopic (exact) mass is 304 g/mol. The van der Waals surface area contributed by atoms with E-state index in [1.54, 1.807) is 18.2 Å². The minimum Gasteiger partial charge on any atom is -0.478 e. The summed E-state index contributed by atoms with van der Waals surface area (Å²) in [5.41, 5.74) is 1.75. The maximum absolute atomic E-state index is 11.0. The molecule has 2 aromatic rings. The lowest BCUT2D eigenvalue weighted by Crippen LogP contribution is -2.29. The van der Waals surface area contributed by atoms with E-state index in [1.807, 2.05) is 4.68 Å². The highest BCUT2D eigenvalue weighted by atomic mass is 16.4. The molecule has 0 unspecified atom stereocenters. The molecule has 0 saturated carbocycles. The van der Waals surface area contributed by atoms with Gasteiger partial charge >= 0.3 is 5.97 Å². The van der Waals surface area contributed by atoms with Gasteiger partial charge in [0, 0.05) is 0 Å². The Hall–Kier alpha value is -1.95. The van der Waals surface area contributed by atoms with Gasteiger partial charge in [-0.3, -0.25) is 4.90 Å². The van der Waals surface area contributed by atoms with E-state index in [2.05, 4.69) is 29.1 Å². The van der Waals surface area contributed by atoms with E-state index in [4.69, 9.17) is 5.11 Å². The Bertz CT molecular complexity index is 616. The third kappa shape index (κ3) is 4.04. The quantitative estimate of drug-likeness (QED) is 0.771. The van der Waals surface area contributed by atoms with Crippen LogP contribution in [-0.2, 0) is 6.67 Å². The van der Waals surface area contributed by atoms with Gasteiger partial charge in [0.15, 0.2) is 0 Å². The lowest BCUT2D eigenvalue weighted by molar-refractivity contribution is 0.0697. The molecule has 0 bridgehead atoms. The average Bonchev–Trinajstić information content (AvgIpc) is 2.92. The van der Waals surface area contributed by atoms with Gasteiger partial charge in [0.2, 0.25) is 0 Å². The zero-order valence-electron chi connectivity index (χ0n) is 13.3. The van der Waals surface area contributed by atoms with E-state index in [0.717, 1.165) is 18.6 Å². The maximum atomic E-state index is 11.0. The minimum atomic E-state index is -0.941. The van der Waals surface area contributed by atoms with Crippen LogP contribution in [0.2, 0.25) is 0 Å². The Morgan fingerprint density at radius 3 is 2.50 bits per heavy atom. The lowest BCUT2D eigenvalue weighted by Gasteiger charge is -2.21. The van der Waals surface area contributed by atoms with E-state index in [0.29, 0.717) is 12.2 Å². The van der Waals surface area contributed by atoms with Crippen molar-refractivity contribution in [3.05, 3.63) is 23.8 Å². The maximum Gasteiger partial charge on any atom is 0.335 e. The molecule has 1 aromatic heterocycles. The molecule has 0 aliphatic carbocycles. The van der Waals surface area contributed by atoms with Crippen LogP contribution in [0.25, 0.3) is 11.0 Å². The van der Waals surface area contributed by atoms with Crippen molar-refractivity contribution >= 4 is 17.0 Å². The van der Waals surface area contributed by atoms with Gasteiger partial charge < -0.3 is 5.11 Å². The van der Waals surface area contributed by atoms with E-state index in [1.165, 1.54) is 25.7 Å². The summed E-state index contributed by atoms with van der Waals surface area (Å²) < 4.78 is 1.85. The smallest absolute Gasteiger partial charge is 0.335 e. The van der Waals surface area contributed by atoms with Crippen molar-refractivity contribution in [1.82, 2.24) is 19.9 Å². The molecule has 1 heterocycles. The third-order valence-corrected chi connectivity index (χ3v) is 3.75. The number of aromatic nitrogens is 3. The first-order chi connectivity index (χ1) is 10.7. The first kappa shape index (κ1) is 16.4. The number of hydrogen-bond acceptors (Lipinski definition) is 4. The van der Waals surface area contributed by atoms with Crippen molar-refractivity contribution in [3.63, 3.8) is 0 Å². The molecule has 0 aliphatic rings. The molecule has 6 heteroatoms. The predicted molar refractivity (Wildman–Crippen MR) is 85.9 cm³/mol. The highest BCUT2D eigenvalue weighted by molar-refractivity contribution is 5.92. The van der Waals surface area contributed by atoms with E-state index >= 15 is 0 Å². The fourth-order valence-corrected chi connectivity index (χ4v) is 2.42. The number of aromatic carboxylic acids is 1. The van der Waals surface area contributed by atoms with Crippen LogP contribution in [0.4, 0.5) is 0 Å². The molecule has 0 atom stereocenters. The minimum absolute atomic E-state index is 0.244. The van der Waals surface area contributed by atoms with Crippen LogP contribution in [0.5, 0.6) is 0 Å². The summed E-state index contributed by atoms with van der Waals surface area (Å²) in [6, 6.07) is 4.97. The van der Waals surface area contributed by atoms with Crippen molar-refractivity contribution in [3.8, 4) is 0 Å². The molecule has 0 radical (unpaired) electrons. The Kier molecular flexibility index (Phi) is 5.89. The average molecular weight is 304 g/mol. The second-order valence-electron chi connectivity index (χ2n) is 5.56. The number of carboxylic acid groups (broad SMARTS) is 1. The van der Waals surface area contributed by atoms with Gasteiger partial charge in [-0.1, -0.05) is 31.9 Å². The molecule has 2 rings (SSSR count). The van der Waals surface area contributed by atoms with E-state index in [9.17, 15) is 4.79 Å². The van der Waals surface area contributed by atoms with Crippen LogP contribution in [0, 0.1) is 0 Å². The normalized spacial score (nSPS) is 11.4. The Morgan fingerprint density at radius 2 is 1.91 bits per heavy atom. The van der Waals surface area contributed by atoms with Crippen LogP contribution in [0.15, 0.2) is 18.2 Å². The number of fused-ring (bicyclic) bond motifs is 1. The summed E-state index contributed by atoms with van der Waals surface area (Å²) in [5, 5.41) is 17.3. The summed E-state index contributed by atoms with van der Waals surface area (Å²) >= 11 is 0. The molecule has 120 valence electrons. The largest absolute Gasteiger partial charge is 0.478 e. The van der Waals surface area contributed by atoms with Crippen molar-refractivity contribution < 1.29 is 9.90 Å². The summed E-state index contributed by atoms with van der Waals surface area (Å²) in [6.07, 6.45) is 4.67. The van der Waals surface area contributed by atoms with Crippen molar-refractivity contribution in [2.24, 2.45) is 0 Å². The van der Waals surface area contributed by atoms with Gasteiger partial charge in [-0.05, 0) is 44.1 Å². The number of hydrogen-bond donors (Lipinski definition) is 1. The lowest BCUT2D eigenvalue weighted by atomic mass is 10.2. The van der Waals surface area contributed by atoms with Gasteiger partial charge in [0.25, 0.3) is 0 Å². The van der Waals surface area contributed by atoms with Crippen LogP contribution < -0.4 is 0 Å². The summed E-state index contributed by atoms with van der Waals surface area (Å²) in [7, 11) is 0. The van der Waals surface area contributed by atoms with Gasteiger partial charge in [0.05, 0.1) is 17.7 Å². The zero-order chi connectivity index (χ0) is 15.9. The molecule has 1 N–H and O–H groups in total. The molecule has 0 aliphatic heterocycles. The van der Waals surface area contributed by atoms with E-state index < -0.39 is 5.97 Å². The number of carbonyl (C=O) groups is 1. The number of rotatable bonds is 9. The summed E-state index contributed by atoms with van der Waals surface area (Å²) in [6.45, 7) is 7.17. The number of nitrogens with zero attached hydrogens (tertiary/aromatic N) is 4. The predicted octanol–water partition coefficient (Wildman–Crippen LogP) is 2.99. The number of benzene rings is 1. The number of carboxylic acids is 1. The Balaban J connectivity index is 2.16. The van der Waals surface area contributed by atoms with Crippen molar-refractivity contribution in [1.29, 1.82) is 0 Å². The van der Waals surface area contributed by atoms with Gasteiger partial charge in [-0.15, -0.1) is 5.10 Å². The fraction of sp³-hybridized carbons (Fsp3) is 0.562. The number of unbranched alkanes of at least 4 members (excludes halogenated alkanes) is 2. The molecule has 6 nitrogen and oxygen atoms in total. The fourth-order valence-electron chi connectivity index (χ4n) is 2.42. The Labute approximate surface area is 130 Å². The second-order valence-corrected chi connectivity index (χ2v) is 5.56. The second kappa shape index (κ2) is 7.89. The molecular weight excluding hydrogens is 280 g/mol. The van der Waals surface area contributed by atoms with Gasteiger partial charge in [0.1, 0.15) is 5.52 Å². The molecule has 0 amide bonds. The molecular formula is C16H24N4O2. The van der Waals surface area contributed by atoms with E-state index in [-0.39, 0.29) is 5.56 Å². The molecule has 0 spiro atoms. The first-order valence-corrected chi connectivity index (χ1v) is 7.94.